The fourth-order valence-electron chi connectivity index (χ4n) is 1.74. The van der Waals surface area contributed by atoms with Gasteiger partial charge in [-0.25, -0.2) is 0 Å². The fraction of sp³-hybridized carbons (Fsp3) is 0.188. The van der Waals surface area contributed by atoms with E-state index in [4.69, 9.17) is 27.9 Å². The summed E-state index contributed by atoms with van der Waals surface area (Å²) in [6, 6.07) is 14.3. The van der Waals surface area contributed by atoms with Gasteiger partial charge in [0.25, 0.3) is 5.91 Å². The molecule has 21 heavy (non-hydrogen) atoms. The lowest BCUT2D eigenvalue weighted by Gasteiger charge is -2.15. The van der Waals surface area contributed by atoms with E-state index in [1.54, 1.807) is 37.3 Å². The standard InChI is InChI=1S/C16H15Cl2NO2/c1-11(21-14-8-6-13(17)7-9-14)16(20)19-10-12-4-2-3-5-15(12)18/h2-9,11H,10H2,1H3,(H,19,20)/t11-/m1/s1. The van der Waals surface area contributed by atoms with Gasteiger partial charge >= 0.3 is 0 Å². The van der Waals surface area contributed by atoms with Crippen molar-refractivity contribution in [3.05, 3.63) is 64.1 Å². The summed E-state index contributed by atoms with van der Waals surface area (Å²) < 4.78 is 5.55. The lowest BCUT2D eigenvalue weighted by molar-refractivity contribution is -0.127. The molecule has 1 amide bonds. The molecule has 0 heterocycles. The molecule has 0 saturated carbocycles. The first-order chi connectivity index (χ1) is 10.1. The highest BCUT2D eigenvalue weighted by Gasteiger charge is 2.14. The van der Waals surface area contributed by atoms with E-state index >= 15 is 0 Å². The molecule has 0 saturated heterocycles. The Balaban J connectivity index is 1.88. The molecule has 0 aliphatic heterocycles. The monoisotopic (exact) mass is 323 g/mol. The van der Waals surface area contributed by atoms with E-state index < -0.39 is 6.10 Å². The highest BCUT2D eigenvalue weighted by Crippen LogP contribution is 2.17. The minimum Gasteiger partial charge on any atom is -0.481 e. The highest BCUT2D eigenvalue weighted by atomic mass is 35.5. The third-order valence-electron chi connectivity index (χ3n) is 2.91. The van der Waals surface area contributed by atoms with Crippen LogP contribution in [0.1, 0.15) is 12.5 Å². The van der Waals surface area contributed by atoms with Gasteiger partial charge in [0.15, 0.2) is 6.10 Å². The molecule has 0 aliphatic carbocycles. The summed E-state index contributed by atoms with van der Waals surface area (Å²) in [5, 5.41) is 4.05. The van der Waals surface area contributed by atoms with Crippen LogP contribution in [0.25, 0.3) is 0 Å². The largest absolute Gasteiger partial charge is 0.481 e. The molecular weight excluding hydrogens is 309 g/mol. The lowest BCUT2D eigenvalue weighted by Crippen LogP contribution is -2.35. The van der Waals surface area contributed by atoms with E-state index in [0.29, 0.717) is 22.3 Å². The molecule has 1 N–H and O–H groups in total. The second-order valence-corrected chi connectivity index (χ2v) is 5.37. The number of carbonyl (C=O) groups excluding carboxylic acids is 1. The SMILES string of the molecule is C[C@@H](Oc1ccc(Cl)cc1)C(=O)NCc1ccccc1Cl. The summed E-state index contributed by atoms with van der Waals surface area (Å²) in [4.78, 5) is 12.0. The molecular formula is C16H15Cl2NO2. The minimum atomic E-state index is -0.603. The summed E-state index contributed by atoms with van der Waals surface area (Å²) in [5.41, 5.74) is 0.867. The number of halogens is 2. The van der Waals surface area contributed by atoms with Crippen LogP contribution in [0.5, 0.6) is 5.75 Å². The first-order valence-corrected chi connectivity index (χ1v) is 7.25. The highest BCUT2D eigenvalue weighted by molar-refractivity contribution is 6.31. The molecule has 0 fully saturated rings. The number of ether oxygens (including phenoxy) is 1. The van der Waals surface area contributed by atoms with Crippen molar-refractivity contribution in [2.45, 2.75) is 19.6 Å². The van der Waals surface area contributed by atoms with Crippen molar-refractivity contribution in [2.24, 2.45) is 0 Å². The Morgan fingerprint density at radius 3 is 2.48 bits per heavy atom. The molecule has 2 rings (SSSR count). The van der Waals surface area contributed by atoms with Crippen LogP contribution in [0.15, 0.2) is 48.5 Å². The number of carbonyl (C=O) groups is 1. The van der Waals surface area contributed by atoms with Crippen molar-refractivity contribution in [1.29, 1.82) is 0 Å². The molecule has 110 valence electrons. The number of rotatable bonds is 5. The first-order valence-electron chi connectivity index (χ1n) is 6.49. The van der Waals surface area contributed by atoms with Crippen LogP contribution in [-0.4, -0.2) is 12.0 Å². The fourth-order valence-corrected chi connectivity index (χ4v) is 2.07. The van der Waals surface area contributed by atoms with Gasteiger partial charge in [-0.15, -0.1) is 0 Å². The van der Waals surface area contributed by atoms with Gasteiger partial charge in [0.1, 0.15) is 5.75 Å². The Morgan fingerprint density at radius 2 is 1.81 bits per heavy atom. The van der Waals surface area contributed by atoms with Crippen LogP contribution < -0.4 is 10.1 Å². The smallest absolute Gasteiger partial charge is 0.261 e. The average Bonchev–Trinajstić information content (AvgIpc) is 2.48. The number of hydrogen-bond acceptors (Lipinski definition) is 2. The summed E-state index contributed by atoms with van der Waals surface area (Å²) in [6.45, 7) is 2.06. The van der Waals surface area contributed by atoms with E-state index in [9.17, 15) is 4.79 Å². The van der Waals surface area contributed by atoms with Crippen molar-refractivity contribution in [3.63, 3.8) is 0 Å². The van der Waals surface area contributed by atoms with Gasteiger partial charge in [-0.2, -0.15) is 0 Å². The Labute approximate surface area is 133 Å². The summed E-state index contributed by atoms with van der Waals surface area (Å²) >= 11 is 11.8. The second-order valence-electron chi connectivity index (χ2n) is 4.52. The van der Waals surface area contributed by atoms with Crippen LogP contribution in [0.4, 0.5) is 0 Å². The van der Waals surface area contributed by atoms with Crippen LogP contribution in [0, 0.1) is 0 Å². The van der Waals surface area contributed by atoms with E-state index in [0.717, 1.165) is 5.56 Å². The average molecular weight is 324 g/mol. The molecule has 0 spiro atoms. The molecule has 0 aliphatic rings. The predicted molar refractivity (Wildman–Crippen MR) is 84.8 cm³/mol. The molecule has 1 atom stereocenters. The summed E-state index contributed by atoms with van der Waals surface area (Å²) in [7, 11) is 0. The van der Waals surface area contributed by atoms with E-state index in [1.807, 2.05) is 18.2 Å². The molecule has 0 bridgehead atoms. The van der Waals surface area contributed by atoms with Crippen molar-refractivity contribution >= 4 is 29.1 Å². The normalized spacial score (nSPS) is 11.8. The Bertz CT molecular complexity index is 614. The van der Waals surface area contributed by atoms with Crippen molar-refractivity contribution in [2.75, 3.05) is 0 Å². The number of amides is 1. The van der Waals surface area contributed by atoms with E-state index in [2.05, 4.69) is 5.32 Å². The van der Waals surface area contributed by atoms with Crippen molar-refractivity contribution in [1.82, 2.24) is 5.32 Å². The van der Waals surface area contributed by atoms with Gasteiger partial charge in [0.05, 0.1) is 0 Å². The molecule has 0 aromatic heterocycles. The van der Waals surface area contributed by atoms with Crippen LogP contribution in [0.2, 0.25) is 10.0 Å². The zero-order valence-electron chi connectivity index (χ0n) is 11.5. The first kappa shape index (κ1) is 15.7. The molecule has 3 nitrogen and oxygen atoms in total. The van der Waals surface area contributed by atoms with Crippen LogP contribution >= 0.6 is 23.2 Å². The maximum atomic E-state index is 12.0. The quantitative estimate of drug-likeness (QED) is 0.900. The Kier molecular flexibility index (Phi) is 5.48. The van der Waals surface area contributed by atoms with Crippen molar-refractivity contribution < 1.29 is 9.53 Å². The zero-order chi connectivity index (χ0) is 15.2. The lowest BCUT2D eigenvalue weighted by atomic mass is 10.2. The van der Waals surface area contributed by atoms with Crippen LogP contribution in [0.3, 0.4) is 0 Å². The number of nitrogens with one attached hydrogen (secondary N) is 1. The molecule has 0 unspecified atom stereocenters. The number of hydrogen-bond donors (Lipinski definition) is 1. The van der Waals surface area contributed by atoms with Gasteiger partial charge in [0, 0.05) is 16.6 Å². The third kappa shape index (κ3) is 4.66. The zero-order valence-corrected chi connectivity index (χ0v) is 13.0. The van der Waals surface area contributed by atoms with Gasteiger partial charge in [-0.3, -0.25) is 4.79 Å². The topological polar surface area (TPSA) is 38.3 Å². The predicted octanol–water partition coefficient (Wildman–Crippen LogP) is 4.08. The Morgan fingerprint density at radius 1 is 1.14 bits per heavy atom. The van der Waals surface area contributed by atoms with Gasteiger partial charge in [0.2, 0.25) is 0 Å². The third-order valence-corrected chi connectivity index (χ3v) is 3.53. The molecule has 5 heteroatoms. The second kappa shape index (κ2) is 7.34. The van der Waals surface area contributed by atoms with E-state index in [1.165, 1.54) is 0 Å². The number of benzene rings is 2. The molecule has 2 aromatic rings. The summed E-state index contributed by atoms with van der Waals surface area (Å²) in [6.07, 6.45) is -0.603. The minimum absolute atomic E-state index is 0.204. The van der Waals surface area contributed by atoms with Gasteiger partial charge in [-0.1, -0.05) is 41.4 Å². The van der Waals surface area contributed by atoms with Crippen LogP contribution in [-0.2, 0) is 11.3 Å². The Hall–Kier alpha value is -1.71. The van der Waals surface area contributed by atoms with Crippen molar-refractivity contribution in [3.8, 4) is 5.75 Å². The summed E-state index contributed by atoms with van der Waals surface area (Å²) in [5.74, 6) is 0.393. The van der Waals surface area contributed by atoms with Gasteiger partial charge in [-0.05, 0) is 42.8 Å². The van der Waals surface area contributed by atoms with Gasteiger partial charge < -0.3 is 10.1 Å². The molecule has 2 aromatic carbocycles. The maximum Gasteiger partial charge on any atom is 0.261 e. The molecule has 0 radical (unpaired) electrons. The van der Waals surface area contributed by atoms with E-state index in [-0.39, 0.29) is 5.91 Å². The maximum absolute atomic E-state index is 12.0.